The summed E-state index contributed by atoms with van der Waals surface area (Å²) in [6.45, 7) is 9.82. The van der Waals surface area contributed by atoms with Gasteiger partial charge in [-0.25, -0.2) is 4.79 Å². The first-order valence-corrected chi connectivity index (χ1v) is 11.3. The zero-order chi connectivity index (χ0) is 23.6. The fourth-order valence-electron chi connectivity index (χ4n) is 3.71. The van der Waals surface area contributed by atoms with Crippen LogP contribution in [0.1, 0.15) is 32.9 Å². The van der Waals surface area contributed by atoms with Crippen LogP contribution in [0.3, 0.4) is 0 Å². The first kappa shape index (κ1) is 23.0. The van der Waals surface area contributed by atoms with E-state index < -0.39 is 5.60 Å². The summed E-state index contributed by atoms with van der Waals surface area (Å²) in [5.74, 6) is 1.09. The van der Waals surface area contributed by atoms with Crippen molar-refractivity contribution in [3.05, 3.63) is 42.1 Å². The molecule has 2 aliphatic heterocycles. The van der Waals surface area contributed by atoms with E-state index in [4.69, 9.17) is 9.47 Å². The molecule has 2 saturated heterocycles. The van der Waals surface area contributed by atoms with Gasteiger partial charge in [0.25, 0.3) is 0 Å². The number of likely N-dealkylation sites (tertiary alicyclic amines) is 1. The molecular formula is C24H31N5O4. The lowest BCUT2D eigenvalue weighted by atomic mass is 10.0. The maximum Gasteiger partial charge on any atom is 0.410 e. The standard InChI is InChI=1S/C24H31N5O4/c1-16-5-10-21(27-26-16)29(22(30)17-13-25-14-17)18-6-8-19(9-7-18)32-20-11-12-28(15-20)23(31)33-24(2,3)4/h5-10,17,20,25H,11-15H2,1-4H3. The molecule has 1 unspecified atom stereocenters. The summed E-state index contributed by atoms with van der Waals surface area (Å²) in [5.41, 5.74) is 0.975. The van der Waals surface area contributed by atoms with E-state index in [0.717, 1.165) is 12.1 Å². The SMILES string of the molecule is Cc1ccc(N(C(=O)C2CNC2)c2ccc(OC3CCN(C(=O)OC(C)(C)C)C3)cc2)nn1. The van der Waals surface area contributed by atoms with Crippen LogP contribution >= 0.6 is 0 Å². The molecule has 1 aromatic carbocycles. The number of aryl methyl sites for hydroxylation is 1. The van der Waals surface area contributed by atoms with Crippen LogP contribution in [0.25, 0.3) is 0 Å². The van der Waals surface area contributed by atoms with E-state index in [-0.39, 0.29) is 24.0 Å². The van der Waals surface area contributed by atoms with Crippen LogP contribution < -0.4 is 15.0 Å². The summed E-state index contributed by atoms with van der Waals surface area (Å²) in [7, 11) is 0. The molecule has 176 valence electrons. The quantitative estimate of drug-likeness (QED) is 0.743. The van der Waals surface area contributed by atoms with Crippen molar-refractivity contribution in [1.29, 1.82) is 0 Å². The molecule has 1 aromatic heterocycles. The van der Waals surface area contributed by atoms with Gasteiger partial charge in [0.1, 0.15) is 17.5 Å². The highest BCUT2D eigenvalue weighted by molar-refractivity contribution is 6.01. The van der Waals surface area contributed by atoms with Crippen LogP contribution in [0, 0.1) is 12.8 Å². The molecule has 9 nitrogen and oxygen atoms in total. The Labute approximate surface area is 194 Å². The number of hydrogen-bond donors (Lipinski definition) is 1. The summed E-state index contributed by atoms with van der Waals surface area (Å²) in [6, 6.07) is 11.0. The van der Waals surface area contributed by atoms with Crippen LogP contribution in [0.2, 0.25) is 0 Å². The number of hydrogen-bond acceptors (Lipinski definition) is 7. The fraction of sp³-hybridized carbons (Fsp3) is 0.500. The van der Waals surface area contributed by atoms with Crippen LogP contribution in [-0.4, -0.2) is 65.0 Å². The molecule has 0 spiro atoms. The highest BCUT2D eigenvalue weighted by atomic mass is 16.6. The maximum atomic E-state index is 13.1. The Hall–Kier alpha value is -3.20. The normalized spacial score (nSPS) is 18.5. The second kappa shape index (κ2) is 9.35. The largest absolute Gasteiger partial charge is 0.489 e. The molecule has 2 fully saturated rings. The van der Waals surface area contributed by atoms with Crippen LogP contribution in [-0.2, 0) is 9.53 Å². The summed E-state index contributed by atoms with van der Waals surface area (Å²) < 4.78 is 11.5. The van der Waals surface area contributed by atoms with Crippen molar-refractivity contribution in [3.8, 4) is 5.75 Å². The van der Waals surface area contributed by atoms with Crippen LogP contribution in [0.4, 0.5) is 16.3 Å². The predicted molar refractivity (Wildman–Crippen MR) is 124 cm³/mol. The molecular weight excluding hydrogens is 422 g/mol. The number of ether oxygens (including phenoxy) is 2. The van der Waals surface area contributed by atoms with E-state index in [2.05, 4.69) is 15.5 Å². The lowest BCUT2D eigenvalue weighted by Crippen LogP contribution is -2.51. The van der Waals surface area contributed by atoms with E-state index >= 15 is 0 Å². The molecule has 0 saturated carbocycles. The third-order valence-electron chi connectivity index (χ3n) is 5.56. The van der Waals surface area contributed by atoms with Crippen molar-refractivity contribution >= 4 is 23.5 Å². The van der Waals surface area contributed by atoms with Gasteiger partial charge in [-0.15, -0.1) is 5.10 Å². The Kier molecular flexibility index (Phi) is 6.51. The Morgan fingerprint density at radius 2 is 1.82 bits per heavy atom. The highest BCUT2D eigenvalue weighted by Gasteiger charge is 2.33. The molecule has 0 radical (unpaired) electrons. The number of anilines is 2. The number of rotatable bonds is 5. The first-order valence-electron chi connectivity index (χ1n) is 11.3. The molecule has 1 N–H and O–H groups in total. The third-order valence-corrected chi connectivity index (χ3v) is 5.56. The number of aromatic nitrogens is 2. The third kappa shape index (κ3) is 5.60. The number of benzene rings is 1. The first-order chi connectivity index (χ1) is 15.7. The van der Waals surface area contributed by atoms with Gasteiger partial charge >= 0.3 is 6.09 Å². The van der Waals surface area contributed by atoms with Gasteiger partial charge in [0.05, 0.1) is 23.8 Å². The second-order valence-corrected chi connectivity index (χ2v) is 9.51. The van der Waals surface area contributed by atoms with Crippen molar-refractivity contribution in [1.82, 2.24) is 20.4 Å². The number of nitrogens with zero attached hydrogens (tertiary/aromatic N) is 4. The van der Waals surface area contributed by atoms with Crippen LogP contribution in [0.5, 0.6) is 5.75 Å². The van der Waals surface area contributed by atoms with Gasteiger partial charge in [-0.1, -0.05) is 0 Å². The molecule has 9 heteroatoms. The van der Waals surface area contributed by atoms with Crippen molar-refractivity contribution in [3.63, 3.8) is 0 Å². The van der Waals surface area contributed by atoms with E-state index in [0.29, 0.717) is 43.4 Å². The van der Waals surface area contributed by atoms with Gasteiger partial charge in [0.2, 0.25) is 5.91 Å². The number of nitrogens with one attached hydrogen (secondary N) is 1. The lowest BCUT2D eigenvalue weighted by molar-refractivity contribution is -0.123. The minimum Gasteiger partial charge on any atom is -0.489 e. The monoisotopic (exact) mass is 453 g/mol. The zero-order valence-corrected chi connectivity index (χ0v) is 19.6. The van der Waals surface area contributed by atoms with Crippen molar-refractivity contribution in [2.45, 2.75) is 45.8 Å². The van der Waals surface area contributed by atoms with E-state index in [1.807, 2.05) is 58.0 Å². The molecule has 3 heterocycles. The summed E-state index contributed by atoms with van der Waals surface area (Å²) in [6.07, 6.45) is 0.312. The average Bonchev–Trinajstić information content (AvgIpc) is 3.17. The summed E-state index contributed by atoms with van der Waals surface area (Å²) in [4.78, 5) is 28.7. The Morgan fingerprint density at radius 3 is 2.39 bits per heavy atom. The van der Waals surface area contributed by atoms with Gasteiger partial charge in [-0.05, 0) is 64.1 Å². The smallest absolute Gasteiger partial charge is 0.410 e. The molecule has 2 amide bonds. The van der Waals surface area contributed by atoms with Gasteiger partial charge < -0.3 is 19.7 Å². The predicted octanol–water partition coefficient (Wildman–Crippen LogP) is 3.06. The van der Waals surface area contributed by atoms with E-state index in [1.54, 1.807) is 15.9 Å². The van der Waals surface area contributed by atoms with Crippen molar-refractivity contribution < 1.29 is 19.1 Å². The average molecular weight is 454 g/mol. The van der Waals surface area contributed by atoms with E-state index in [1.165, 1.54) is 0 Å². The topological polar surface area (TPSA) is 96.9 Å². The number of carbonyl (C=O) groups is 2. The Bertz CT molecular complexity index is 983. The summed E-state index contributed by atoms with van der Waals surface area (Å²) >= 11 is 0. The molecule has 4 rings (SSSR count). The molecule has 2 aromatic rings. The molecule has 2 aliphatic rings. The molecule has 0 bridgehead atoms. The zero-order valence-electron chi connectivity index (χ0n) is 19.6. The maximum absolute atomic E-state index is 13.1. The van der Waals surface area contributed by atoms with Crippen molar-refractivity contribution in [2.75, 3.05) is 31.1 Å². The molecule has 0 aliphatic carbocycles. The summed E-state index contributed by atoms with van der Waals surface area (Å²) in [5, 5.41) is 11.5. The van der Waals surface area contributed by atoms with E-state index in [9.17, 15) is 9.59 Å². The lowest BCUT2D eigenvalue weighted by Gasteiger charge is -2.31. The highest BCUT2D eigenvalue weighted by Crippen LogP contribution is 2.29. The Morgan fingerprint density at radius 1 is 1.09 bits per heavy atom. The minimum absolute atomic E-state index is 0.00985. The Balaban J connectivity index is 1.43. The van der Waals surface area contributed by atoms with Gasteiger partial charge in [0.15, 0.2) is 5.82 Å². The van der Waals surface area contributed by atoms with Gasteiger partial charge in [-0.2, -0.15) is 5.10 Å². The molecule has 1 atom stereocenters. The fourth-order valence-corrected chi connectivity index (χ4v) is 3.71. The van der Waals surface area contributed by atoms with Crippen LogP contribution in [0.15, 0.2) is 36.4 Å². The number of carbonyl (C=O) groups excluding carboxylic acids is 2. The molecule has 33 heavy (non-hydrogen) atoms. The minimum atomic E-state index is -0.521. The van der Waals surface area contributed by atoms with Crippen molar-refractivity contribution in [2.24, 2.45) is 5.92 Å². The number of amides is 2. The van der Waals surface area contributed by atoms with Gasteiger partial charge in [0, 0.05) is 26.1 Å². The second-order valence-electron chi connectivity index (χ2n) is 9.51. The van der Waals surface area contributed by atoms with Gasteiger partial charge in [-0.3, -0.25) is 9.69 Å².